The minimum absolute atomic E-state index is 0.487. The summed E-state index contributed by atoms with van der Waals surface area (Å²) >= 11 is 0. The van der Waals surface area contributed by atoms with Gasteiger partial charge < -0.3 is 4.57 Å². The highest BCUT2D eigenvalue weighted by Crippen LogP contribution is 2.52. The number of hydrogen-bond donors (Lipinski definition) is 0. The second-order valence-electron chi connectivity index (χ2n) is 6.90. The Morgan fingerprint density at radius 1 is 1.20 bits per heavy atom. The van der Waals surface area contributed by atoms with Crippen molar-refractivity contribution in [3.63, 3.8) is 0 Å². The van der Waals surface area contributed by atoms with Gasteiger partial charge in [-0.25, -0.2) is 4.98 Å². The van der Waals surface area contributed by atoms with Crippen molar-refractivity contribution >= 4 is 0 Å². The molecule has 0 aromatic carbocycles. The summed E-state index contributed by atoms with van der Waals surface area (Å²) in [4.78, 5) is 13.8. The number of aryl methyl sites for hydroxylation is 1. The van der Waals surface area contributed by atoms with E-state index in [0.29, 0.717) is 17.5 Å². The van der Waals surface area contributed by atoms with Crippen LogP contribution < -0.4 is 0 Å². The van der Waals surface area contributed by atoms with Crippen LogP contribution in [0, 0.1) is 18.3 Å². The fourth-order valence-corrected chi connectivity index (χ4v) is 4.34. The first-order valence-electron chi connectivity index (χ1n) is 8.67. The summed E-state index contributed by atoms with van der Waals surface area (Å²) in [6, 6.07) is 10.7. The van der Waals surface area contributed by atoms with Gasteiger partial charge >= 0.3 is 0 Å². The van der Waals surface area contributed by atoms with E-state index in [4.69, 9.17) is 9.97 Å². The van der Waals surface area contributed by atoms with Crippen LogP contribution in [0.1, 0.15) is 48.3 Å². The molecule has 1 aliphatic heterocycles. The summed E-state index contributed by atoms with van der Waals surface area (Å²) < 4.78 is 2.36. The van der Waals surface area contributed by atoms with Gasteiger partial charge in [0.2, 0.25) is 0 Å². The molecular weight excluding hydrogens is 310 g/mol. The van der Waals surface area contributed by atoms with E-state index >= 15 is 0 Å². The van der Waals surface area contributed by atoms with Gasteiger partial charge in [0.25, 0.3) is 0 Å². The first kappa shape index (κ1) is 14.4. The second kappa shape index (κ2) is 5.25. The molecule has 0 spiro atoms. The first-order valence-corrected chi connectivity index (χ1v) is 8.67. The van der Waals surface area contributed by atoms with Crippen molar-refractivity contribution in [1.82, 2.24) is 19.5 Å². The van der Waals surface area contributed by atoms with Crippen LogP contribution in [0.15, 0.2) is 36.7 Å². The largest absolute Gasteiger partial charge is 0.324 e. The highest BCUT2D eigenvalue weighted by Gasteiger charge is 2.41. The number of nitrogens with zero attached hydrogens (tertiary/aromatic N) is 5. The topological polar surface area (TPSA) is 67.4 Å². The molecule has 2 bridgehead atoms. The molecule has 4 heterocycles. The molecule has 25 heavy (non-hydrogen) atoms. The molecule has 5 heteroatoms. The average molecular weight is 327 g/mol. The van der Waals surface area contributed by atoms with Gasteiger partial charge in [-0.2, -0.15) is 5.26 Å². The van der Waals surface area contributed by atoms with Crippen molar-refractivity contribution < 1.29 is 0 Å². The van der Waals surface area contributed by atoms with E-state index in [0.717, 1.165) is 34.2 Å². The molecule has 1 saturated carbocycles. The maximum Gasteiger partial charge on any atom is 0.115 e. The Morgan fingerprint density at radius 2 is 2.12 bits per heavy atom. The molecule has 122 valence electrons. The summed E-state index contributed by atoms with van der Waals surface area (Å²) in [6.45, 7) is 1.99. The molecule has 2 atom stereocenters. The van der Waals surface area contributed by atoms with E-state index in [9.17, 15) is 5.26 Å². The van der Waals surface area contributed by atoms with E-state index < -0.39 is 0 Å². The van der Waals surface area contributed by atoms with E-state index in [1.165, 1.54) is 19.3 Å². The fraction of sp³-hybridized carbons (Fsp3) is 0.300. The molecular formula is C20H17N5. The summed E-state index contributed by atoms with van der Waals surface area (Å²) in [5.74, 6) is 1.69. The van der Waals surface area contributed by atoms with E-state index in [2.05, 4.69) is 15.6 Å². The first-order chi connectivity index (χ1) is 12.3. The number of imidazole rings is 1. The third-order valence-electron chi connectivity index (χ3n) is 5.40. The van der Waals surface area contributed by atoms with Gasteiger partial charge in [0, 0.05) is 35.6 Å². The minimum atomic E-state index is 0.487. The third kappa shape index (κ3) is 2.04. The second-order valence-corrected chi connectivity index (χ2v) is 6.90. The smallest absolute Gasteiger partial charge is 0.115 e. The van der Waals surface area contributed by atoms with Crippen LogP contribution in [0.3, 0.4) is 0 Å². The predicted molar refractivity (Wildman–Crippen MR) is 93.8 cm³/mol. The normalized spacial score (nSPS) is 20.5. The quantitative estimate of drug-likeness (QED) is 0.713. The fourth-order valence-electron chi connectivity index (χ4n) is 4.34. The van der Waals surface area contributed by atoms with Gasteiger partial charge in [-0.05, 0) is 44.4 Å². The van der Waals surface area contributed by atoms with Crippen LogP contribution in [-0.4, -0.2) is 19.5 Å². The monoisotopic (exact) mass is 327 g/mol. The number of aromatic nitrogens is 4. The SMILES string of the molecule is Cc1cccc(-c2nc3n(c2-c2ccncc2C#N)C2CCC3C2)n1. The number of hydrogen-bond acceptors (Lipinski definition) is 4. The lowest BCUT2D eigenvalue weighted by molar-refractivity contribution is 0.530. The highest BCUT2D eigenvalue weighted by molar-refractivity contribution is 5.81. The van der Waals surface area contributed by atoms with E-state index in [1.807, 2.05) is 31.2 Å². The van der Waals surface area contributed by atoms with Crippen LogP contribution in [0.25, 0.3) is 22.6 Å². The molecule has 0 amide bonds. The van der Waals surface area contributed by atoms with Gasteiger partial charge in [0.1, 0.15) is 17.6 Å². The van der Waals surface area contributed by atoms with Gasteiger partial charge in [-0.1, -0.05) is 6.07 Å². The minimum Gasteiger partial charge on any atom is -0.324 e. The van der Waals surface area contributed by atoms with E-state index in [-0.39, 0.29) is 0 Å². The van der Waals surface area contributed by atoms with E-state index in [1.54, 1.807) is 12.4 Å². The average Bonchev–Trinajstić information content (AvgIpc) is 3.33. The zero-order valence-electron chi connectivity index (χ0n) is 14.0. The summed E-state index contributed by atoms with van der Waals surface area (Å²) in [6.07, 6.45) is 6.95. The van der Waals surface area contributed by atoms with Crippen LogP contribution in [-0.2, 0) is 0 Å². The Kier molecular flexibility index (Phi) is 3.01. The molecule has 5 rings (SSSR count). The summed E-state index contributed by atoms with van der Waals surface area (Å²) in [5, 5.41) is 9.57. The molecule has 0 saturated heterocycles. The van der Waals surface area contributed by atoms with Crippen molar-refractivity contribution in [3.8, 4) is 28.7 Å². The van der Waals surface area contributed by atoms with Gasteiger partial charge in [0.15, 0.2) is 0 Å². The Hall–Kier alpha value is -3.00. The van der Waals surface area contributed by atoms with Gasteiger partial charge in [-0.15, -0.1) is 0 Å². The molecule has 2 unspecified atom stereocenters. The Morgan fingerprint density at radius 3 is 2.96 bits per heavy atom. The molecule has 0 N–H and O–H groups in total. The standard InChI is InChI=1S/C20H17N5/c1-12-3-2-4-17(23-12)18-19(16-7-8-22-11-14(16)10-21)25-15-6-5-13(9-15)20(25)24-18/h2-4,7-8,11,13,15H,5-6,9H2,1H3. The zero-order chi connectivity index (χ0) is 17.0. The van der Waals surface area contributed by atoms with Gasteiger partial charge in [0.05, 0.1) is 17.0 Å². The zero-order valence-corrected chi connectivity index (χ0v) is 14.0. The van der Waals surface area contributed by atoms with Crippen LogP contribution >= 0.6 is 0 Å². The number of nitriles is 1. The molecule has 0 radical (unpaired) electrons. The molecule has 1 fully saturated rings. The molecule has 1 aliphatic carbocycles. The van der Waals surface area contributed by atoms with Crippen molar-refractivity contribution in [3.05, 3.63) is 53.7 Å². The van der Waals surface area contributed by atoms with Crippen LogP contribution in [0.5, 0.6) is 0 Å². The maximum atomic E-state index is 9.57. The molecule has 5 nitrogen and oxygen atoms in total. The lowest BCUT2D eigenvalue weighted by Gasteiger charge is -2.17. The lowest BCUT2D eigenvalue weighted by atomic mass is 10.0. The summed E-state index contributed by atoms with van der Waals surface area (Å²) in [7, 11) is 0. The Labute approximate surface area is 146 Å². The van der Waals surface area contributed by atoms with Crippen molar-refractivity contribution in [2.24, 2.45) is 0 Å². The molecule has 3 aromatic heterocycles. The highest BCUT2D eigenvalue weighted by atomic mass is 15.2. The number of pyridine rings is 2. The number of rotatable bonds is 2. The van der Waals surface area contributed by atoms with Crippen molar-refractivity contribution in [2.45, 2.75) is 38.1 Å². The molecule has 2 aliphatic rings. The Bertz CT molecular complexity index is 1030. The molecule has 3 aromatic rings. The lowest BCUT2D eigenvalue weighted by Crippen LogP contribution is -2.08. The summed E-state index contributed by atoms with van der Waals surface area (Å²) in [5.41, 5.74) is 5.24. The van der Waals surface area contributed by atoms with Crippen molar-refractivity contribution in [2.75, 3.05) is 0 Å². The predicted octanol–water partition coefficient (Wildman–Crippen LogP) is 4.01. The van der Waals surface area contributed by atoms with Crippen LogP contribution in [0.4, 0.5) is 0 Å². The van der Waals surface area contributed by atoms with Crippen LogP contribution in [0.2, 0.25) is 0 Å². The van der Waals surface area contributed by atoms with Crippen molar-refractivity contribution in [1.29, 1.82) is 5.26 Å². The third-order valence-corrected chi connectivity index (χ3v) is 5.40. The Balaban J connectivity index is 1.82. The number of fused-ring (bicyclic) bond motifs is 5. The van der Waals surface area contributed by atoms with Gasteiger partial charge in [-0.3, -0.25) is 9.97 Å². The maximum absolute atomic E-state index is 9.57.